The largest absolute Gasteiger partial charge is 0.0888 e. The van der Waals surface area contributed by atoms with Crippen LogP contribution in [0.2, 0.25) is 0 Å². The molecule has 15 heavy (non-hydrogen) atoms. The lowest BCUT2D eigenvalue weighted by atomic mass is 9.74. The lowest BCUT2D eigenvalue weighted by Crippen LogP contribution is -2.26. The topological polar surface area (TPSA) is 0 Å². The zero-order valence-corrected chi connectivity index (χ0v) is 11.6. The van der Waals surface area contributed by atoms with Gasteiger partial charge in [-0.2, -0.15) is 0 Å². The Morgan fingerprint density at radius 2 is 1.47 bits per heavy atom. The first-order valence-electron chi connectivity index (χ1n) is 6.91. The van der Waals surface area contributed by atoms with E-state index in [1.807, 2.05) is 0 Å². The SMILES string of the molecule is CC1CCC(C2CCCCCC2Br)CC1. The molecule has 0 aromatic heterocycles. The van der Waals surface area contributed by atoms with Crippen LogP contribution in [0, 0.1) is 17.8 Å². The fraction of sp³-hybridized carbons (Fsp3) is 1.00. The third-order valence-corrected chi connectivity index (χ3v) is 5.78. The Bertz CT molecular complexity index is 182. The Balaban J connectivity index is 1.89. The highest BCUT2D eigenvalue weighted by molar-refractivity contribution is 9.09. The van der Waals surface area contributed by atoms with E-state index in [0.29, 0.717) is 0 Å². The molecule has 0 saturated heterocycles. The van der Waals surface area contributed by atoms with Gasteiger partial charge in [0.2, 0.25) is 0 Å². The zero-order valence-electron chi connectivity index (χ0n) is 10.1. The lowest BCUT2D eigenvalue weighted by Gasteiger charge is -2.34. The Morgan fingerprint density at radius 1 is 0.800 bits per heavy atom. The van der Waals surface area contributed by atoms with E-state index in [4.69, 9.17) is 0 Å². The first kappa shape index (κ1) is 12.0. The quantitative estimate of drug-likeness (QED) is 0.457. The van der Waals surface area contributed by atoms with E-state index < -0.39 is 0 Å². The van der Waals surface area contributed by atoms with Crippen molar-refractivity contribution < 1.29 is 0 Å². The van der Waals surface area contributed by atoms with Crippen molar-refractivity contribution in [2.75, 3.05) is 0 Å². The van der Waals surface area contributed by atoms with E-state index in [-0.39, 0.29) is 0 Å². The van der Waals surface area contributed by atoms with Gasteiger partial charge in [0.25, 0.3) is 0 Å². The average Bonchev–Trinajstić information content (AvgIpc) is 2.44. The van der Waals surface area contributed by atoms with Crippen LogP contribution in [0.15, 0.2) is 0 Å². The standard InChI is InChI=1S/C14H25Br/c1-11-7-9-12(10-8-11)13-5-3-2-4-6-14(13)15/h11-14H,2-10H2,1H3. The van der Waals surface area contributed by atoms with Gasteiger partial charge < -0.3 is 0 Å². The molecule has 2 atom stereocenters. The highest BCUT2D eigenvalue weighted by Gasteiger charge is 2.31. The van der Waals surface area contributed by atoms with Crippen molar-refractivity contribution in [2.24, 2.45) is 17.8 Å². The van der Waals surface area contributed by atoms with E-state index in [2.05, 4.69) is 22.9 Å². The summed E-state index contributed by atoms with van der Waals surface area (Å²) < 4.78 is 0. The molecule has 2 rings (SSSR count). The summed E-state index contributed by atoms with van der Waals surface area (Å²) in [6.45, 7) is 2.43. The van der Waals surface area contributed by atoms with Crippen molar-refractivity contribution in [1.29, 1.82) is 0 Å². The highest BCUT2D eigenvalue weighted by atomic mass is 79.9. The van der Waals surface area contributed by atoms with Crippen LogP contribution in [0.1, 0.15) is 64.7 Å². The zero-order chi connectivity index (χ0) is 10.7. The van der Waals surface area contributed by atoms with Crippen LogP contribution >= 0.6 is 15.9 Å². The summed E-state index contributed by atoms with van der Waals surface area (Å²) in [6, 6.07) is 0. The molecule has 0 aromatic rings. The summed E-state index contributed by atoms with van der Waals surface area (Å²) in [6.07, 6.45) is 13.3. The molecule has 0 N–H and O–H groups in total. The molecule has 88 valence electrons. The first-order chi connectivity index (χ1) is 7.27. The first-order valence-corrected chi connectivity index (χ1v) is 7.83. The van der Waals surface area contributed by atoms with E-state index in [9.17, 15) is 0 Å². The summed E-state index contributed by atoms with van der Waals surface area (Å²) in [5.41, 5.74) is 0. The lowest BCUT2D eigenvalue weighted by molar-refractivity contribution is 0.202. The van der Waals surface area contributed by atoms with Gasteiger partial charge in [-0.15, -0.1) is 0 Å². The molecular formula is C14H25Br. The summed E-state index contributed by atoms with van der Waals surface area (Å²) in [5, 5.41) is 0. The van der Waals surface area contributed by atoms with Gasteiger partial charge >= 0.3 is 0 Å². The molecule has 0 amide bonds. The molecule has 2 saturated carbocycles. The summed E-state index contributed by atoms with van der Waals surface area (Å²) in [7, 11) is 0. The molecule has 0 aromatic carbocycles. The molecule has 2 unspecified atom stereocenters. The second-order valence-electron chi connectivity index (χ2n) is 5.84. The molecule has 0 radical (unpaired) electrons. The number of hydrogen-bond donors (Lipinski definition) is 0. The predicted octanol–water partition coefficient (Wildman–Crippen LogP) is 5.16. The fourth-order valence-electron chi connectivity index (χ4n) is 3.54. The van der Waals surface area contributed by atoms with E-state index >= 15 is 0 Å². The molecule has 0 aliphatic heterocycles. The normalized spacial score (nSPS) is 43.6. The van der Waals surface area contributed by atoms with Crippen LogP contribution in [-0.4, -0.2) is 4.83 Å². The molecule has 2 aliphatic rings. The minimum atomic E-state index is 0.832. The Labute approximate surface area is 103 Å². The van der Waals surface area contributed by atoms with Crippen LogP contribution < -0.4 is 0 Å². The maximum Gasteiger partial charge on any atom is 0.0176 e. The van der Waals surface area contributed by atoms with Crippen LogP contribution in [-0.2, 0) is 0 Å². The summed E-state index contributed by atoms with van der Waals surface area (Å²) >= 11 is 3.96. The molecule has 0 spiro atoms. The van der Waals surface area contributed by atoms with Crippen molar-refractivity contribution in [1.82, 2.24) is 0 Å². The molecule has 0 heterocycles. The molecule has 0 bridgehead atoms. The highest BCUT2D eigenvalue weighted by Crippen LogP contribution is 2.41. The average molecular weight is 273 g/mol. The minimum Gasteiger partial charge on any atom is -0.0888 e. The fourth-order valence-corrected chi connectivity index (χ4v) is 4.56. The third kappa shape index (κ3) is 3.22. The van der Waals surface area contributed by atoms with E-state index in [1.54, 1.807) is 0 Å². The van der Waals surface area contributed by atoms with Gasteiger partial charge in [-0.25, -0.2) is 0 Å². The van der Waals surface area contributed by atoms with Gasteiger partial charge in [0, 0.05) is 4.83 Å². The number of rotatable bonds is 1. The van der Waals surface area contributed by atoms with Crippen molar-refractivity contribution in [3.8, 4) is 0 Å². The monoisotopic (exact) mass is 272 g/mol. The maximum absolute atomic E-state index is 3.96. The van der Waals surface area contributed by atoms with Crippen LogP contribution in [0.3, 0.4) is 0 Å². The van der Waals surface area contributed by atoms with Gasteiger partial charge in [0.15, 0.2) is 0 Å². The van der Waals surface area contributed by atoms with Gasteiger partial charge in [0.1, 0.15) is 0 Å². The minimum absolute atomic E-state index is 0.832. The maximum atomic E-state index is 3.96. The van der Waals surface area contributed by atoms with Crippen molar-refractivity contribution >= 4 is 15.9 Å². The van der Waals surface area contributed by atoms with Crippen molar-refractivity contribution in [3.63, 3.8) is 0 Å². The number of halogens is 1. The molecular weight excluding hydrogens is 248 g/mol. The van der Waals surface area contributed by atoms with Crippen molar-refractivity contribution in [2.45, 2.75) is 69.5 Å². The van der Waals surface area contributed by atoms with Crippen molar-refractivity contribution in [3.05, 3.63) is 0 Å². The van der Waals surface area contributed by atoms with Crippen LogP contribution in [0.4, 0.5) is 0 Å². The summed E-state index contributed by atoms with van der Waals surface area (Å²) in [4.78, 5) is 0.832. The van der Waals surface area contributed by atoms with Crippen LogP contribution in [0.25, 0.3) is 0 Å². The van der Waals surface area contributed by atoms with Gasteiger partial charge in [0.05, 0.1) is 0 Å². The van der Waals surface area contributed by atoms with Gasteiger partial charge in [-0.05, 0) is 43.4 Å². The molecule has 2 aliphatic carbocycles. The Morgan fingerprint density at radius 3 is 2.20 bits per heavy atom. The second-order valence-corrected chi connectivity index (χ2v) is 7.01. The molecule has 0 nitrogen and oxygen atoms in total. The van der Waals surface area contributed by atoms with Gasteiger partial charge in [-0.3, -0.25) is 0 Å². The Kier molecular flexibility index (Phi) is 4.54. The smallest absolute Gasteiger partial charge is 0.0176 e. The number of alkyl halides is 1. The van der Waals surface area contributed by atoms with E-state index in [0.717, 1.165) is 22.6 Å². The molecule has 1 heteroatoms. The third-order valence-electron chi connectivity index (χ3n) is 4.65. The number of hydrogen-bond acceptors (Lipinski definition) is 0. The van der Waals surface area contributed by atoms with Crippen LogP contribution in [0.5, 0.6) is 0 Å². The summed E-state index contributed by atoms with van der Waals surface area (Å²) in [5.74, 6) is 3.05. The predicted molar refractivity (Wildman–Crippen MR) is 70.4 cm³/mol. The Hall–Kier alpha value is 0.480. The second kappa shape index (κ2) is 5.70. The molecule has 2 fully saturated rings. The van der Waals surface area contributed by atoms with E-state index in [1.165, 1.54) is 57.8 Å². The van der Waals surface area contributed by atoms with Gasteiger partial charge in [-0.1, -0.05) is 55.0 Å².